The second kappa shape index (κ2) is 4.44. The number of nitrogens with zero attached hydrogens (tertiary/aromatic N) is 1. The smallest absolute Gasteiger partial charge is 0.151 e. The summed E-state index contributed by atoms with van der Waals surface area (Å²) in [5, 5.41) is 10.5. The molecule has 2 aromatic rings. The lowest BCUT2D eigenvalue weighted by Gasteiger charge is -2.20. The van der Waals surface area contributed by atoms with E-state index in [1.165, 1.54) is 12.1 Å². The molecule has 0 amide bonds. The molecule has 18 heavy (non-hydrogen) atoms. The molecule has 1 aromatic heterocycles. The highest BCUT2D eigenvalue weighted by atomic mass is 19.1. The number of nitrogens with one attached hydrogen (secondary N) is 2. The molecule has 1 aromatic carbocycles. The van der Waals surface area contributed by atoms with Crippen LogP contribution in [0.25, 0.3) is 11.3 Å². The molecule has 0 aliphatic carbocycles. The van der Waals surface area contributed by atoms with Gasteiger partial charge in [-0.3, -0.25) is 5.10 Å². The molecule has 96 valence electrons. The van der Waals surface area contributed by atoms with Crippen molar-refractivity contribution in [1.82, 2.24) is 10.2 Å². The van der Waals surface area contributed by atoms with Crippen molar-refractivity contribution in [1.29, 1.82) is 0 Å². The van der Waals surface area contributed by atoms with Gasteiger partial charge in [0.1, 0.15) is 5.82 Å². The van der Waals surface area contributed by atoms with Gasteiger partial charge in [0.25, 0.3) is 0 Å². The number of hydrogen-bond acceptors (Lipinski definition) is 2. The van der Waals surface area contributed by atoms with E-state index >= 15 is 0 Å². The lowest BCUT2D eigenvalue weighted by molar-refractivity contribution is 0.628. The summed E-state index contributed by atoms with van der Waals surface area (Å²) in [6, 6.07) is 6.50. The van der Waals surface area contributed by atoms with Crippen LogP contribution >= 0.6 is 0 Å². The summed E-state index contributed by atoms with van der Waals surface area (Å²) in [7, 11) is 0. The molecule has 0 aliphatic heterocycles. The quantitative estimate of drug-likeness (QED) is 0.848. The van der Waals surface area contributed by atoms with Crippen molar-refractivity contribution in [2.45, 2.75) is 33.2 Å². The van der Waals surface area contributed by atoms with Gasteiger partial charge in [0.05, 0.1) is 5.69 Å². The van der Waals surface area contributed by atoms with E-state index in [4.69, 9.17) is 0 Å². The van der Waals surface area contributed by atoms with Gasteiger partial charge in [-0.1, -0.05) is 12.1 Å². The van der Waals surface area contributed by atoms with Gasteiger partial charge in [-0.2, -0.15) is 5.10 Å². The molecule has 4 heteroatoms. The molecule has 0 saturated carbocycles. The Kier molecular flexibility index (Phi) is 3.11. The van der Waals surface area contributed by atoms with Crippen molar-refractivity contribution in [3.05, 3.63) is 35.6 Å². The maximum atomic E-state index is 13.2. The topological polar surface area (TPSA) is 40.7 Å². The Hall–Kier alpha value is -1.84. The number of anilines is 1. The normalized spacial score (nSPS) is 11.6. The minimum Gasteiger partial charge on any atom is -0.364 e. The van der Waals surface area contributed by atoms with Crippen LogP contribution in [0.2, 0.25) is 0 Å². The Morgan fingerprint density at radius 3 is 2.61 bits per heavy atom. The van der Waals surface area contributed by atoms with E-state index in [0.717, 1.165) is 22.6 Å². The first kappa shape index (κ1) is 12.6. The van der Waals surface area contributed by atoms with E-state index in [1.807, 2.05) is 13.0 Å². The van der Waals surface area contributed by atoms with E-state index < -0.39 is 0 Å². The summed E-state index contributed by atoms with van der Waals surface area (Å²) < 4.78 is 13.2. The SMILES string of the molecule is Cc1c(NC(C)(C)C)n[nH]c1-c1cccc(F)c1. The number of H-pyrrole nitrogens is 1. The number of aromatic amines is 1. The Labute approximate surface area is 106 Å². The predicted octanol–water partition coefficient (Wildman–Crippen LogP) is 3.73. The first-order valence-electron chi connectivity index (χ1n) is 5.96. The Morgan fingerprint density at radius 2 is 2.00 bits per heavy atom. The standard InChI is InChI=1S/C14H18FN3/c1-9-12(10-6-5-7-11(15)8-10)17-18-13(9)16-14(2,3)4/h5-8H,1-4H3,(H2,16,17,18). The number of aromatic nitrogens is 2. The second-order valence-corrected chi connectivity index (χ2v) is 5.46. The summed E-state index contributed by atoms with van der Waals surface area (Å²) in [4.78, 5) is 0. The molecule has 0 atom stereocenters. The molecular formula is C14H18FN3. The molecule has 0 spiro atoms. The fourth-order valence-electron chi connectivity index (χ4n) is 1.80. The van der Waals surface area contributed by atoms with Crippen LogP contribution in [0.5, 0.6) is 0 Å². The molecule has 0 aliphatic rings. The van der Waals surface area contributed by atoms with Crippen molar-refractivity contribution in [2.24, 2.45) is 0 Å². The van der Waals surface area contributed by atoms with Gasteiger partial charge in [-0.25, -0.2) is 4.39 Å². The predicted molar refractivity (Wildman–Crippen MR) is 72.1 cm³/mol. The van der Waals surface area contributed by atoms with Crippen molar-refractivity contribution in [3.63, 3.8) is 0 Å². The highest BCUT2D eigenvalue weighted by Gasteiger charge is 2.16. The first-order chi connectivity index (χ1) is 8.37. The van der Waals surface area contributed by atoms with Crippen LogP contribution in [0.4, 0.5) is 10.2 Å². The summed E-state index contributed by atoms with van der Waals surface area (Å²) in [6.45, 7) is 8.19. The Morgan fingerprint density at radius 1 is 1.28 bits per heavy atom. The van der Waals surface area contributed by atoms with Crippen molar-refractivity contribution in [2.75, 3.05) is 5.32 Å². The van der Waals surface area contributed by atoms with Crippen LogP contribution in [-0.2, 0) is 0 Å². The van der Waals surface area contributed by atoms with Crippen molar-refractivity contribution >= 4 is 5.82 Å². The number of benzene rings is 1. The minimum absolute atomic E-state index is 0.0564. The number of hydrogen-bond donors (Lipinski definition) is 2. The van der Waals surface area contributed by atoms with Gasteiger partial charge in [0.15, 0.2) is 5.82 Å². The lowest BCUT2D eigenvalue weighted by atomic mass is 10.1. The largest absolute Gasteiger partial charge is 0.364 e. The lowest BCUT2D eigenvalue weighted by Crippen LogP contribution is -2.26. The summed E-state index contributed by atoms with van der Waals surface area (Å²) in [5.74, 6) is 0.564. The van der Waals surface area contributed by atoms with Gasteiger partial charge < -0.3 is 5.32 Å². The molecule has 0 saturated heterocycles. The fourth-order valence-corrected chi connectivity index (χ4v) is 1.80. The zero-order valence-corrected chi connectivity index (χ0v) is 11.1. The van der Waals surface area contributed by atoms with E-state index in [-0.39, 0.29) is 11.4 Å². The van der Waals surface area contributed by atoms with Crippen LogP contribution in [-0.4, -0.2) is 15.7 Å². The average molecular weight is 247 g/mol. The molecule has 0 fully saturated rings. The first-order valence-corrected chi connectivity index (χ1v) is 5.96. The molecular weight excluding hydrogens is 229 g/mol. The maximum absolute atomic E-state index is 13.2. The highest BCUT2D eigenvalue weighted by Crippen LogP contribution is 2.27. The molecule has 0 bridgehead atoms. The molecule has 2 rings (SSSR count). The zero-order chi connectivity index (χ0) is 13.3. The van der Waals surface area contributed by atoms with Crippen LogP contribution in [0.1, 0.15) is 26.3 Å². The van der Waals surface area contributed by atoms with Crippen LogP contribution in [0.3, 0.4) is 0 Å². The molecule has 0 radical (unpaired) electrons. The second-order valence-electron chi connectivity index (χ2n) is 5.46. The number of rotatable bonds is 2. The fraction of sp³-hybridized carbons (Fsp3) is 0.357. The van der Waals surface area contributed by atoms with Gasteiger partial charge in [-0.05, 0) is 39.8 Å². The van der Waals surface area contributed by atoms with Gasteiger partial charge in [0.2, 0.25) is 0 Å². The summed E-state index contributed by atoms with van der Waals surface area (Å²) >= 11 is 0. The average Bonchev–Trinajstić information content (AvgIpc) is 2.58. The van der Waals surface area contributed by atoms with E-state index in [9.17, 15) is 4.39 Å². The zero-order valence-electron chi connectivity index (χ0n) is 11.1. The van der Waals surface area contributed by atoms with Crippen LogP contribution in [0, 0.1) is 12.7 Å². The monoisotopic (exact) mass is 247 g/mol. The third-order valence-corrected chi connectivity index (χ3v) is 2.62. The van der Waals surface area contributed by atoms with Gasteiger partial charge >= 0.3 is 0 Å². The Balaban J connectivity index is 2.37. The van der Waals surface area contributed by atoms with Gasteiger partial charge in [0, 0.05) is 16.7 Å². The van der Waals surface area contributed by atoms with E-state index in [0.29, 0.717) is 0 Å². The summed E-state index contributed by atoms with van der Waals surface area (Å²) in [5.41, 5.74) is 2.60. The molecule has 2 N–H and O–H groups in total. The third-order valence-electron chi connectivity index (χ3n) is 2.62. The number of halogens is 1. The van der Waals surface area contributed by atoms with Crippen molar-refractivity contribution < 1.29 is 4.39 Å². The maximum Gasteiger partial charge on any atom is 0.151 e. The van der Waals surface area contributed by atoms with E-state index in [1.54, 1.807) is 6.07 Å². The van der Waals surface area contributed by atoms with Crippen LogP contribution < -0.4 is 5.32 Å². The minimum atomic E-state index is -0.244. The molecule has 3 nitrogen and oxygen atoms in total. The van der Waals surface area contributed by atoms with Crippen LogP contribution in [0.15, 0.2) is 24.3 Å². The third kappa shape index (κ3) is 2.70. The summed E-state index contributed by atoms with van der Waals surface area (Å²) in [6.07, 6.45) is 0. The molecule has 0 unspecified atom stereocenters. The molecule has 1 heterocycles. The Bertz CT molecular complexity index is 552. The van der Waals surface area contributed by atoms with Crippen molar-refractivity contribution in [3.8, 4) is 11.3 Å². The van der Waals surface area contributed by atoms with Gasteiger partial charge in [-0.15, -0.1) is 0 Å². The highest BCUT2D eigenvalue weighted by molar-refractivity contribution is 5.68. The van der Waals surface area contributed by atoms with E-state index in [2.05, 4.69) is 36.3 Å².